The van der Waals surface area contributed by atoms with Gasteiger partial charge in [0.05, 0.1) is 45.7 Å². The lowest BCUT2D eigenvalue weighted by atomic mass is 10.0. The summed E-state index contributed by atoms with van der Waals surface area (Å²) in [6.45, 7) is 2.40. The molecule has 3 atom stereocenters. The van der Waals surface area contributed by atoms with Gasteiger partial charge < -0.3 is 66.2 Å². The summed E-state index contributed by atoms with van der Waals surface area (Å²) in [4.78, 5) is 106. The third-order valence-electron chi connectivity index (χ3n) is 11.1. The number of Topliss-reactive ketones (excluding diaryl/α,β-unsaturated/α-hetero) is 1. The summed E-state index contributed by atoms with van der Waals surface area (Å²) < 4.78 is 21.2. The first-order valence-electron chi connectivity index (χ1n) is 25.2. The summed E-state index contributed by atoms with van der Waals surface area (Å²) in [6, 6.07) is -2.65. The Morgan fingerprint density at radius 3 is 1.23 bits per heavy atom. The number of nitrogens with one attached hydrogen (secondary N) is 6. The van der Waals surface area contributed by atoms with Gasteiger partial charge in [0.25, 0.3) is 0 Å². The minimum absolute atomic E-state index is 0.0356. The number of carboxylic acid groups (broad SMARTS) is 3. The van der Waals surface area contributed by atoms with Crippen molar-refractivity contribution in [1.82, 2.24) is 31.9 Å². The number of rotatable bonds is 50. The van der Waals surface area contributed by atoms with E-state index in [0.29, 0.717) is 25.8 Å². The van der Waals surface area contributed by atoms with Crippen molar-refractivity contribution < 1.29 is 77.4 Å². The van der Waals surface area contributed by atoms with Crippen molar-refractivity contribution in [2.45, 2.75) is 173 Å². The minimum atomic E-state index is -1.28. The van der Waals surface area contributed by atoms with Crippen molar-refractivity contribution in [3.63, 3.8) is 0 Å². The van der Waals surface area contributed by atoms with E-state index in [9.17, 15) is 53.4 Å². The standard InChI is InChI=1S/C48H86N6O16/c1-37(55)38(49-2)19-17-18-26-50-41(56)24-23-40(48(65)66)54-45(60)36-70-34-32-68-30-28-52-44(59)35-69-33-31-67-29-27-51-42(57)25-22-39(47(63)64)53-43(58)20-15-13-11-9-7-5-3-4-6-8-10-12-14-16-21-46(61)62/h38-40,49H,3-36H2,1-2H3,(H,50,56)(H,51,57)(H,52,59)(H,53,58)(H,54,60)(H,61,62)(H,63,64)(H,65,66)/t38-,39-,40-/m0/s1. The maximum atomic E-state index is 12.3. The Bertz CT molecular complexity index is 1490. The minimum Gasteiger partial charge on any atom is -0.481 e. The molecule has 0 aromatic rings. The molecule has 0 aliphatic carbocycles. The number of carbonyl (C=O) groups excluding carboxylic acids is 6. The van der Waals surface area contributed by atoms with Gasteiger partial charge in [-0.3, -0.25) is 33.6 Å². The molecule has 404 valence electrons. The second-order valence-electron chi connectivity index (χ2n) is 17.2. The first-order valence-corrected chi connectivity index (χ1v) is 25.2. The second kappa shape index (κ2) is 45.4. The summed E-state index contributed by atoms with van der Waals surface area (Å²) >= 11 is 0. The number of carbonyl (C=O) groups is 9. The van der Waals surface area contributed by atoms with Gasteiger partial charge in [-0.2, -0.15) is 0 Å². The van der Waals surface area contributed by atoms with E-state index >= 15 is 0 Å². The Balaban J connectivity index is 3.80. The van der Waals surface area contributed by atoms with Gasteiger partial charge >= 0.3 is 17.9 Å². The monoisotopic (exact) mass is 1000 g/mol. The molecular formula is C48H86N6O16. The Hall–Kier alpha value is -4.77. The molecule has 0 rings (SSSR count). The predicted octanol–water partition coefficient (Wildman–Crippen LogP) is 2.77. The molecule has 9 N–H and O–H groups in total. The average Bonchev–Trinajstić information content (AvgIpc) is 3.31. The van der Waals surface area contributed by atoms with Gasteiger partial charge in [0, 0.05) is 45.3 Å². The van der Waals surface area contributed by atoms with E-state index in [0.717, 1.165) is 51.4 Å². The Labute approximate surface area is 413 Å². The van der Waals surface area contributed by atoms with Crippen LogP contribution in [0.25, 0.3) is 0 Å². The maximum absolute atomic E-state index is 12.3. The number of likely N-dealkylation sites (N-methyl/N-ethyl adjacent to an activating group) is 1. The smallest absolute Gasteiger partial charge is 0.326 e. The first kappa shape index (κ1) is 65.2. The molecule has 5 amide bonds. The van der Waals surface area contributed by atoms with Crippen LogP contribution in [0.5, 0.6) is 0 Å². The normalized spacial score (nSPS) is 12.3. The highest BCUT2D eigenvalue weighted by molar-refractivity contribution is 5.85. The first-order chi connectivity index (χ1) is 33.7. The van der Waals surface area contributed by atoms with E-state index in [-0.39, 0.29) is 133 Å². The lowest BCUT2D eigenvalue weighted by molar-refractivity contribution is -0.143. The van der Waals surface area contributed by atoms with Gasteiger partial charge in [-0.1, -0.05) is 77.0 Å². The number of hydrogen-bond donors (Lipinski definition) is 9. The van der Waals surface area contributed by atoms with Crippen molar-refractivity contribution in [2.75, 3.05) is 79.5 Å². The number of aliphatic carboxylic acids is 3. The van der Waals surface area contributed by atoms with Gasteiger partial charge in [0.2, 0.25) is 29.5 Å². The number of ether oxygens (including phenoxy) is 4. The highest BCUT2D eigenvalue weighted by Gasteiger charge is 2.22. The quantitative estimate of drug-likeness (QED) is 0.0396. The van der Waals surface area contributed by atoms with E-state index in [1.54, 1.807) is 7.05 Å². The second-order valence-corrected chi connectivity index (χ2v) is 17.2. The Morgan fingerprint density at radius 1 is 0.386 bits per heavy atom. The fourth-order valence-corrected chi connectivity index (χ4v) is 7.03. The number of unbranched alkanes of at least 4 members (excludes halogenated alkanes) is 14. The van der Waals surface area contributed by atoms with Crippen LogP contribution < -0.4 is 31.9 Å². The Morgan fingerprint density at radius 2 is 0.786 bits per heavy atom. The van der Waals surface area contributed by atoms with Gasteiger partial charge in [0.15, 0.2) is 0 Å². The summed E-state index contributed by atoms with van der Waals surface area (Å²) in [5.74, 6) is -5.27. The molecule has 0 unspecified atom stereocenters. The van der Waals surface area contributed by atoms with E-state index in [4.69, 9.17) is 24.1 Å². The maximum Gasteiger partial charge on any atom is 0.326 e. The van der Waals surface area contributed by atoms with Crippen molar-refractivity contribution >= 4 is 53.2 Å². The Kier molecular flexibility index (Phi) is 42.3. The summed E-state index contributed by atoms with van der Waals surface area (Å²) in [5, 5.41) is 43.4. The van der Waals surface area contributed by atoms with Crippen LogP contribution in [0.2, 0.25) is 0 Å². The van der Waals surface area contributed by atoms with Crippen molar-refractivity contribution in [3.8, 4) is 0 Å². The SMILES string of the molecule is CN[C@@H](CCCCNC(=O)CC[C@H](NC(=O)COCCOCCNC(=O)COCCOCCNC(=O)CC[C@H](NC(=O)CCCCCCCCCCCCCCCCC(=O)O)C(=O)O)C(=O)O)C(C)=O. The van der Waals surface area contributed by atoms with Crippen LogP contribution in [0, 0.1) is 0 Å². The molecule has 0 aromatic carbocycles. The van der Waals surface area contributed by atoms with Gasteiger partial charge in [0.1, 0.15) is 31.1 Å². The molecule has 0 heterocycles. The van der Waals surface area contributed by atoms with Gasteiger partial charge in [-0.05, 0) is 58.9 Å². The third kappa shape index (κ3) is 42.1. The third-order valence-corrected chi connectivity index (χ3v) is 11.1. The highest BCUT2D eigenvalue weighted by Crippen LogP contribution is 2.14. The zero-order chi connectivity index (χ0) is 52.0. The number of amides is 5. The summed E-state index contributed by atoms with van der Waals surface area (Å²) in [7, 11) is 1.71. The van der Waals surface area contributed by atoms with Crippen LogP contribution in [0.3, 0.4) is 0 Å². The molecule has 0 fully saturated rings. The molecule has 22 heteroatoms. The van der Waals surface area contributed by atoms with Crippen LogP contribution in [0.4, 0.5) is 0 Å². The van der Waals surface area contributed by atoms with Crippen molar-refractivity contribution in [1.29, 1.82) is 0 Å². The molecule has 0 saturated carbocycles. The molecule has 0 spiro atoms. The van der Waals surface area contributed by atoms with Crippen LogP contribution in [0.15, 0.2) is 0 Å². The molecular weight excluding hydrogens is 917 g/mol. The highest BCUT2D eigenvalue weighted by atomic mass is 16.5. The average molecular weight is 1000 g/mol. The molecule has 0 aliphatic rings. The van der Waals surface area contributed by atoms with E-state index in [1.807, 2.05) is 0 Å². The van der Waals surface area contributed by atoms with Gasteiger partial charge in [-0.25, -0.2) is 9.59 Å². The molecule has 0 saturated heterocycles. The van der Waals surface area contributed by atoms with Gasteiger partial charge in [-0.15, -0.1) is 0 Å². The molecule has 22 nitrogen and oxygen atoms in total. The summed E-state index contributed by atoms with van der Waals surface area (Å²) in [6.07, 6.45) is 17.1. The van der Waals surface area contributed by atoms with E-state index in [2.05, 4.69) is 31.9 Å². The zero-order valence-corrected chi connectivity index (χ0v) is 41.9. The fraction of sp³-hybridized carbons (Fsp3) is 0.812. The lowest BCUT2D eigenvalue weighted by Crippen LogP contribution is -2.43. The topological polar surface area (TPSA) is 323 Å². The lowest BCUT2D eigenvalue weighted by Gasteiger charge is -2.15. The van der Waals surface area contributed by atoms with Crippen molar-refractivity contribution in [2.24, 2.45) is 0 Å². The number of hydrogen-bond acceptors (Lipinski definition) is 14. The van der Waals surface area contributed by atoms with Crippen LogP contribution in [-0.2, 0) is 62.1 Å². The molecule has 0 aliphatic heterocycles. The van der Waals surface area contributed by atoms with Crippen LogP contribution in [-0.4, -0.2) is 166 Å². The van der Waals surface area contributed by atoms with Crippen LogP contribution in [0.1, 0.15) is 155 Å². The van der Waals surface area contributed by atoms with E-state index < -0.39 is 42.5 Å². The zero-order valence-electron chi connectivity index (χ0n) is 41.9. The molecule has 0 bridgehead atoms. The molecule has 0 radical (unpaired) electrons. The molecule has 0 aromatic heterocycles. The molecule has 70 heavy (non-hydrogen) atoms. The van der Waals surface area contributed by atoms with E-state index in [1.165, 1.54) is 45.4 Å². The van der Waals surface area contributed by atoms with Crippen LogP contribution >= 0.6 is 0 Å². The van der Waals surface area contributed by atoms with Crippen molar-refractivity contribution in [3.05, 3.63) is 0 Å². The number of ketones is 1. The number of carboxylic acids is 3. The predicted molar refractivity (Wildman–Crippen MR) is 259 cm³/mol. The summed E-state index contributed by atoms with van der Waals surface area (Å²) in [5.41, 5.74) is 0. The fourth-order valence-electron chi connectivity index (χ4n) is 7.03. The largest absolute Gasteiger partial charge is 0.481 e.